The van der Waals surface area contributed by atoms with Gasteiger partial charge in [0.25, 0.3) is 0 Å². The Bertz CT molecular complexity index is 504. The Morgan fingerprint density at radius 3 is 2.62 bits per heavy atom. The summed E-state index contributed by atoms with van der Waals surface area (Å²) in [6.07, 6.45) is 1.64. The van der Waals surface area contributed by atoms with Crippen LogP contribution >= 0.6 is 11.6 Å². The molecule has 1 aromatic heterocycles. The third kappa shape index (κ3) is 2.46. The van der Waals surface area contributed by atoms with Crippen molar-refractivity contribution in [1.82, 2.24) is 15.0 Å². The maximum Gasteiger partial charge on any atom is 0.181 e. The summed E-state index contributed by atoms with van der Waals surface area (Å²) in [5, 5.41) is 8.34. The minimum absolute atomic E-state index is 0.0812. The van der Waals surface area contributed by atoms with Gasteiger partial charge in [0.05, 0.1) is 12.7 Å². The third-order valence-electron chi connectivity index (χ3n) is 2.16. The first kappa shape index (κ1) is 10.8. The lowest BCUT2D eigenvalue weighted by Crippen LogP contribution is -2.00. The van der Waals surface area contributed by atoms with Crippen LogP contribution in [0.3, 0.4) is 0 Å². The molecule has 1 aromatic carbocycles. The molecule has 16 heavy (non-hydrogen) atoms. The van der Waals surface area contributed by atoms with Crippen molar-refractivity contribution < 1.29 is 4.79 Å². The maximum atomic E-state index is 11.0. The number of nitrogens with zero attached hydrogens (tertiary/aromatic N) is 3. The number of aromatic nitrogens is 3. The van der Waals surface area contributed by atoms with Crippen molar-refractivity contribution >= 4 is 17.4 Å². The molecule has 2 aromatic rings. The summed E-state index contributed by atoms with van der Waals surface area (Å²) in [6, 6.07) is 7.47. The summed E-state index contributed by atoms with van der Waals surface area (Å²) in [4.78, 5) is 11.0. The minimum atomic E-state index is -0.0812. The van der Waals surface area contributed by atoms with Crippen molar-refractivity contribution in [3.8, 4) is 0 Å². The van der Waals surface area contributed by atoms with Crippen molar-refractivity contribution in [3.05, 3.63) is 46.7 Å². The Balaban J connectivity index is 2.14. The number of carbonyl (C=O) groups excluding carboxylic acids is 1. The zero-order valence-corrected chi connectivity index (χ0v) is 9.48. The quantitative estimate of drug-likeness (QED) is 0.767. The number of benzene rings is 1. The molecule has 0 fully saturated rings. The lowest BCUT2D eigenvalue weighted by atomic mass is 10.2. The predicted molar refractivity (Wildman–Crippen MR) is 60.6 cm³/mol. The second-order valence-electron chi connectivity index (χ2n) is 3.48. The van der Waals surface area contributed by atoms with Crippen molar-refractivity contribution in [2.45, 2.75) is 13.5 Å². The summed E-state index contributed by atoms with van der Waals surface area (Å²) in [5.74, 6) is -0.0812. The maximum absolute atomic E-state index is 11.0. The molecule has 1 heterocycles. The van der Waals surface area contributed by atoms with E-state index in [1.54, 1.807) is 10.9 Å². The number of hydrogen-bond donors (Lipinski definition) is 0. The SMILES string of the molecule is CC(=O)c1cn(Cc2ccc(Cl)cc2)nn1. The van der Waals surface area contributed by atoms with Crippen LogP contribution in [0.5, 0.6) is 0 Å². The molecular formula is C11H10ClN3O. The molecule has 5 heteroatoms. The molecule has 0 aliphatic heterocycles. The van der Waals surface area contributed by atoms with Crippen LogP contribution in [0.2, 0.25) is 5.02 Å². The van der Waals surface area contributed by atoms with E-state index in [0.717, 1.165) is 5.56 Å². The van der Waals surface area contributed by atoms with Gasteiger partial charge >= 0.3 is 0 Å². The number of halogens is 1. The summed E-state index contributed by atoms with van der Waals surface area (Å²) in [7, 11) is 0. The van der Waals surface area contributed by atoms with Gasteiger partial charge in [-0.1, -0.05) is 28.9 Å². The van der Waals surface area contributed by atoms with E-state index in [9.17, 15) is 4.79 Å². The van der Waals surface area contributed by atoms with E-state index >= 15 is 0 Å². The van der Waals surface area contributed by atoms with E-state index in [1.807, 2.05) is 24.3 Å². The molecule has 0 N–H and O–H groups in total. The van der Waals surface area contributed by atoms with Gasteiger partial charge in [0, 0.05) is 11.9 Å². The zero-order chi connectivity index (χ0) is 11.5. The van der Waals surface area contributed by atoms with Gasteiger partial charge in [0.2, 0.25) is 0 Å². The minimum Gasteiger partial charge on any atom is -0.293 e. The van der Waals surface area contributed by atoms with Gasteiger partial charge < -0.3 is 0 Å². The van der Waals surface area contributed by atoms with E-state index < -0.39 is 0 Å². The molecule has 0 bridgehead atoms. The molecule has 0 aliphatic rings. The largest absolute Gasteiger partial charge is 0.293 e. The standard InChI is InChI=1S/C11H10ClN3O/c1-8(16)11-7-15(14-13-11)6-9-2-4-10(12)5-3-9/h2-5,7H,6H2,1H3. The van der Waals surface area contributed by atoms with E-state index in [4.69, 9.17) is 11.6 Å². The molecule has 0 aliphatic carbocycles. The van der Waals surface area contributed by atoms with Gasteiger partial charge in [0.15, 0.2) is 5.78 Å². The van der Waals surface area contributed by atoms with E-state index in [-0.39, 0.29) is 5.78 Å². The average Bonchev–Trinajstić information content (AvgIpc) is 2.70. The van der Waals surface area contributed by atoms with Crippen molar-refractivity contribution in [1.29, 1.82) is 0 Å². The van der Waals surface area contributed by atoms with Crippen LogP contribution in [0, 0.1) is 0 Å². The number of rotatable bonds is 3. The van der Waals surface area contributed by atoms with Crippen molar-refractivity contribution in [3.63, 3.8) is 0 Å². The van der Waals surface area contributed by atoms with Crippen molar-refractivity contribution in [2.24, 2.45) is 0 Å². The summed E-state index contributed by atoms with van der Waals surface area (Å²) >= 11 is 5.78. The zero-order valence-electron chi connectivity index (χ0n) is 8.72. The van der Waals surface area contributed by atoms with Crippen molar-refractivity contribution in [2.75, 3.05) is 0 Å². The smallest absolute Gasteiger partial charge is 0.181 e. The molecule has 2 rings (SSSR count). The highest BCUT2D eigenvalue weighted by molar-refractivity contribution is 6.30. The van der Waals surface area contributed by atoms with Gasteiger partial charge in [-0.25, -0.2) is 4.68 Å². The topological polar surface area (TPSA) is 47.8 Å². The fourth-order valence-electron chi connectivity index (χ4n) is 1.31. The normalized spacial score (nSPS) is 10.4. The number of Topliss-reactive ketones (excluding diaryl/α,β-unsaturated/α-hetero) is 1. The molecule has 0 spiro atoms. The highest BCUT2D eigenvalue weighted by atomic mass is 35.5. The van der Waals surface area contributed by atoms with Gasteiger partial charge in [-0.15, -0.1) is 5.10 Å². The lowest BCUT2D eigenvalue weighted by Gasteiger charge is -2.00. The number of hydrogen-bond acceptors (Lipinski definition) is 3. The molecular weight excluding hydrogens is 226 g/mol. The van der Waals surface area contributed by atoms with Crippen LogP contribution in [0.25, 0.3) is 0 Å². The summed E-state index contributed by atoms with van der Waals surface area (Å²) < 4.78 is 1.62. The average molecular weight is 236 g/mol. The fourth-order valence-corrected chi connectivity index (χ4v) is 1.44. The monoisotopic (exact) mass is 235 g/mol. The Labute approximate surface area is 97.8 Å². The van der Waals surface area contributed by atoms with E-state index in [0.29, 0.717) is 17.3 Å². The second-order valence-corrected chi connectivity index (χ2v) is 3.92. The molecule has 0 atom stereocenters. The van der Waals surface area contributed by atoms with Crippen LogP contribution in [0.1, 0.15) is 23.0 Å². The van der Waals surface area contributed by atoms with Crippen LogP contribution < -0.4 is 0 Å². The predicted octanol–water partition coefficient (Wildman–Crippen LogP) is 2.18. The molecule has 0 saturated heterocycles. The van der Waals surface area contributed by atoms with E-state index in [1.165, 1.54) is 6.92 Å². The Kier molecular flexibility index (Phi) is 3.01. The molecule has 82 valence electrons. The molecule has 0 amide bonds. The summed E-state index contributed by atoms with van der Waals surface area (Å²) in [5.41, 5.74) is 1.44. The third-order valence-corrected chi connectivity index (χ3v) is 2.41. The van der Waals surface area contributed by atoms with Crippen LogP contribution in [0.4, 0.5) is 0 Å². The van der Waals surface area contributed by atoms with E-state index in [2.05, 4.69) is 10.3 Å². The number of carbonyl (C=O) groups is 1. The van der Waals surface area contributed by atoms with Crippen LogP contribution in [-0.4, -0.2) is 20.8 Å². The highest BCUT2D eigenvalue weighted by Gasteiger charge is 2.05. The van der Waals surface area contributed by atoms with Crippen LogP contribution in [0.15, 0.2) is 30.5 Å². The Morgan fingerprint density at radius 1 is 1.38 bits per heavy atom. The number of ketones is 1. The molecule has 4 nitrogen and oxygen atoms in total. The second kappa shape index (κ2) is 4.45. The first-order valence-electron chi connectivity index (χ1n) is 4.80. The molecule has 0 radical (unpaired) electrons. The molecule has 0 unspecified atom stereocenters. The van der Waals surface area contributed by atoms with Gasteiger partial charge in [-0.05, 0) is 17.7 Å². The Hall–Kier alpha value is -1.68. The first-order chi connectivity index (χ1) is 7.65. The first-order valence-corrected chi connectivity index (χ1v) is 5.18. The molecule has 0 saturated carbocycles. The van der Waals surface area contributed by atoms with Gasteiger partial charge in [-0.2, -0.15) is 0 Å². The van der Waals surface area contributed by atoms with Crippen LogP contribution in [-0.2, 0) is 6.54 Å². The lowest BCUT2D eigenvalue weighted by molar-refractivity contribution is 0.101. The van der Waals surface area contributed by atoms with Gasteiger partial charge in [0.1, 0.15) is 5.69 Å². The summed E-state index contributed by atoms with van der Waals surface area (Å²) in [6.45, 7) is 2.05. The fraction of sp³-hybridized carbons (Fsp3) is 0.182. The highest BCUT2D eigenvalue weighted by Crippen LogP contribution is 2.10. The van der Waals surface area contributed by atoms with Gasteiger partial charge in [-0.3, -0.25) is 4.79 Å². The Morgan fingerprint density at radius 2 is 2.06 bits per heavy atom.